The fourth-order valence-corrected chi connectivity index (χ4v) is 1.01. The fraction of sp³-hybridized carbons (Fsp3) is 0.300. The number of nitrogen functional groups attached to an aromatic ring is 1. The Hall–Kier alpha value is -1.14. The summed E-state index contributed by atoms with van der Waals surface area (Å²) in [5.41, 5.74) is 8.08. The van der Waals surface area contributed by atoms with Gasteiger partial charge in [-0.2, -0.15) is 12.6 Å². The maximum Gasteiger partial charge on any atom is 0.136 e. The molecule has 68 valence electrons. The summed E-state index contributed by atoms with van der Waals surface area (Å²) in [6.45, 7) is 1.95. The molecule has 0 aliphatic carbocycles. The second-order valence-electron chi connectivity index (χ2n) is 2.73. The molecule has 0 saturated heterocycles. The zero-order chi connectivity index (χ0) is 9.68. The van der Waals surface area contributed by atoms with E-state index in [1.165, 1.54) is 0 Å². The van der Waals surface area contributed by atoms with E-state index in [0.29, 0.717) is 11.4 Å². The fourth-order valence-electron chi connectivity index (χ4n) is 0.898. The predicted molar refractivity (Wildman–Crippen MR) is 58.7 cm³/mol. The van der Waals surface area contributed by atoms with Gasteiger partial charge in [0, 0.05) is 18.4 Å². The lowest BCUT2D eigenvalue weighted by molar-refractivity contribution is 1.24. The minimum atomic E-state index is 0.645. The van der Waals surface area contributed by atoms with Crippen molar-refractivity contribution < 1.29 is 0 Å². The summed E-state index contributed by atoms with van der Waals surface area (Å²) in [6.07, 6.45) is 2.53. The highest BCUT2D eigenvalue weighted by atomic mass is 32.1. The van der Waals surface area contributed by atoms with Gasteiger partial charge < -0.3 is 5.73 Å². The van der Waals surface area contributed by atoms with Gasteiger partial charge in [-0.25, -0.2) is 4.98 Å². The van der Waals surface area contributed by atoms with Crippen LogP contribution in [-0.2, 0) is 0 Å². The van der Waals surface area contributed by atoms with E-state index in [1.807, 2.05) is 13.0 Å². The molecule has 0 bridgehead atoms. The first-order valence-corrected chi connectivity index (χ1v) is 4.69. The zero-order valence-electron chi connectivity index (χ0n) is 7.54. The van der Waals surface area contributed by atoms with Gasteiger partial charge in [0.1, 0.15) is 5.69 Å². The van der Waals surface area contributed by atoms with E-state index in [1.54, 1.807) is 6.20 Å². The molecule has 0 fully saturated rings. The van der Waals surface area contributed by atoms with Crippen molar-refractivity contribution in [3.05, 3.63) is 23.5 Å². The molecular formula is C10H12N2S. The topological polar surface area (TPSA) is 38.9 Å². The third-order valence-corrected chi connectivity index (χ3v) is 1.72. The number of hydrogen-bond acceptors (Lipinski definition) is 3. The summed E-state index contributed by atoms with van der Waals surface area (Å²) in [6, 6.07) is 1.87. The quantitative estimate of drug-likeness (QED) is 0.524. The van der Waals surface area contributed by atoms with Crippen molar-refractivity contribution in [1.82, 2.24) is 4.98 Å². The normalized spacial score (nSPS) is 9.08. The maximum atomic E-state index is 5.72. The van der Waals surface area contributed by atoms with Gasteiger partial charge in [-0.3, -0.25) is 0 Å². The molecule has 0 aliphatic rings. The Morgan fingerprint density at radius 1 is 1.62 bits per heavy atom. The number of nitrogens with zero attached hydrogens (tertiary/aromatic N) is 1. The van der Waals surface area contributed by atoms with Crippen molar-refractivity contribution in [3.63, 3.8) is 0 Å². The van der Waals surface area contributed by atoms with Crippen LogP contribution in [-0.4, -0.2) is 10.7 Å². The molecular weight excluding hydrogens is 180 g/mol. The number of nitrogens with two attached hydrogens (primary N) is 1. The lowest BCUT2D eigenvalue weighted by atomic mass is 10.2. The van der Waals surface area contributed by atoms with Gasteiger partial charge in [0.05, 0.1) is 5.69 Å². The van der Waals surface area contributed by atoms with Crippen LogP contribution in [0.15, 0.2) is 12.3 Å². The van der Waals surface area contributed by atoms with Crippen LogP contribution in [0.4, 0.5) is 5.69 Å². The van der Waals surface area contributed by atoms with Gasteiger partial charge >= 0.3 is 0 Å². The van der Waals surface area contributed by atoms with E-state index in [2.05, 4.69) is 29.5 Å². The van der Waals surface area contributed by atoms with Gasteiger partial charge in [-0.05, 0) is 24.5 Å². The van der Waals surface area contributed by atoms with Crippen molar-refractivity contribution in [3.8, 4) is 11.8 Å². The van der Waals surface area contributed by atoms with Gasteiger partial charge in [-0.1, -0.05) is 5.92 Å². The average Bonchev–Trinajstić information content (AvgIpc) is 2.09. The summed E-state index contributed by atoms with van der Waals surface area (Å²) in [7, 11) is 0. The second kappa shape index (κ2) is 4.78. The van der Waals surface area contributed by atoms with Crippen LogP contribution >= 0.6 is 12.6 Å². The second-order valence-corrected chi connectivity index (χ2v) is 3.17. The van der Waals surface area contributed by atoms with Gasteiger partial charge in [0.25, 0.3) is 0 Å². The predicted octanol–water partition coefficient (Wildman–Crippen LogP) is 1.64. The summed E-state index contributed by atoms with van der Waals surface area (Å²) >= 11 is 4.06. The molecule has 2 N–H and O–H groups in total. The van der Waals surface area contributed by atoms with Crippen LogP contribution in [0.3, 0.4) is 0 Å². The SMILES string of the molecule is Cc1cnc(C#CCCS)c(N)c1. The van der Waals surface area contributed by atoms with Crippen LogP contribution in [0.1, 0.15) is 17.7 Å². The third-order valence-electron chi connectivity index (χ3n) is 1.50. The molecule has 0 saturated carbocycles. The summed E-state index contributed by atoms with van der Waals surface area (Å²) in [5, 5.41) is 0. The number of rotatable bonds is 1. The van der Waals surface area contributed by atoms with Gasteiger partial charge in [0.15, 0.2) is 0 Å². The van der Waals surface area contributed by atoms with Crippen LogP contribution in [0.25, 0.3) is 0 Å². The minimum Gasteiger partial charge on any atom is -0.396 e. The largest absolute Gasteiger partial charge is 0.396 e. The summed E-state index contributed by atoms with van der Waals surface area (Å²) in [4.78, 5) is 4.13. The molecule has 13 heavy (non-hydrogen) atoms. The Morgan fingerprint density at radius 3 is 3.00 bits per heavy atom. The molecule has 1 rings (SSSR count). The first-order valence-electron chi connectivity index (χ1n) is 4.06. The number of thiol groups is 1. The molecule has 0 aliphatic heterocycles. The smallest absolute Gasteiger partial charge is 0.136 e. The monoisotopic (exact) mass is 192 g/mol. The Balaban J connectivity index is 2.85. The van der Waals surface area contributed by atoms with Crippen molar-refractivity contribution in [2.24, 2.45) is 0 Å². The van der Waals surface area contributed by atoms with Crippen molar-refractivity contribution in [1.29, 1.82) is 0 Å². The van der Waals surface area contributed by atoms with Crippen LogP contribution in [0.5, 0.6) is 0 Å². The molecule has 0 atom stereocenters. The van der Waals surface area contributed by atoms with Gasteiger partial charge in [-0.15, -0.1) is 0 Å². The zero-order valence-corrected chi connectivity index (χ0v) is 8.44. The summed E-state index contributed by atoms with van der Waals surface area (Å²) in [5.74, 6) is 6.61. The Bertz CT molecular complexity index is 350. The molecule has 3 heteroatoms. The highest BCUT2D eigenvalue weighted by Crippen LogP contribution is 2.08. The first kappa shape index (κ1) is 9.94. The lowest BCUT2D eigenvalue weighted by Crippen LogP contribution is -1.94. The van der Waals surface area contributed by atoms with Crippen LogP contribution in [0, 0.1) is 18.8 Å². The number of aromatic nitrogens is 1. The Morgan fingerprint density at radius 2 is 2.38 bits per heavy atom. The molecule has 0 aromatic carbocycles. The van der Waals surface area contributed by atoms with Gasteiger partial charge in [0.2, 0.25) is 0 Å². The van der Waals surface area contributed by atoms with Crippen molar-refractivity contribution in [2.75, 3.05) is 11.5 Å². The molecule has 0 unspecified atom stereocenters. The first-order chi connectivity index (χ1) is 6.24. The number of aryl methyl sites for hydroxylation is 1. The van der Waals surface area contributed by atoms with Crippen molar-refractivity contribution in [2.45, 2.75) is 13.3 Å². The van der Waals surface area contributed by atoms with E-state index < -0.39 is 0 Å². The minimum absolute atomic E-state index is 0.645. The van der Waals surface area contributed by atoms with Crippen LogP contribution in [0.2, 0.25) is 0 Å². The molecule has 2 nitrogen and oxygen atoms in total. The average molecular weight is 192 g/mol. The number of hydrogen-bond donors (Lipinski definition) is 2. The molecule has 1 heterocycles. The van der Waals surface area contributed by atoms with E-state index in [0.717, 1.165) is 17.7 Å². The van der Waals surface area contributed by atoms with E-state index in [9.17, 15) is 0 Å². The number of pyridine rings is 1. The van der Waals surface area contributed by atoms with E-state index >= 15 is 0 Å². The summed E-state index contributed by atoms with van der Waals surface area (Å²) < 4.78 is 0. The molecule has 0 spiro atoms. The molecule has 1 aromatic heterocycles. The third kappa shape index (κ3) is 3.00. The molecule has 1 aromatic rings. The highest BCUT2D eigenvalue weighted by Gasteiger charge is 1.95. The Kier molecular flexibility index (Phi) is 3.66. The van der Waals surface area contributed by atoms with E-state index in [-0.39, 0.29) is 0 Å². The standard InChI is InChI=1S/C10H12N2S/c1-8-6-9(11)10(12-7-8)4-2-3-5-13/h6-7,13H,3,5,11H2,1H3. The van der Waals surface area contributed by atoms with Crippen LogP contribution < -0.4 is 5.73 Å². The Labute approximate surface area is 84.0 Å². The molecule has 0 radical (unpaired) electrons. The van der Waals surface area contributed by atoms with Crippen molar-refractivity contribution >= 4 is 18.3 Å². The maximum absolute atomic E-state index is 5.72. The molecule has 0 amide bonds. The number of anilines is 1. The lowest BCUT2D eigenvalue weighted by Gasteiger charge is -1.97. The highest BCUT2D eigenvalue weighted by molar-refractivity contribution is 7.80. The van der Waals surface area contributed by atoms with E-state index in [4.69, 9.17) is 5.73 Å².